The molecule has 3 N–H and O–H groups in total. The number of hydrogen-bond donors (Lipinski definition) is 3. The monoisotopic (exact) mass is 263 g/mol. The average molecular weight is 263 g/mol. The summed E-state index contributed by atoms with van der Waals surface area (Å²) in [6.07, 6.45) is 0. The molecule has 5 nitrogen and oxygen atoms in total. The highest BCUT2D eigenvalue weighted by Gasteiger charge is 2.11. The van der Waals surface area contributed by atoms with Crippen molar-refractivity contribution in [2.24, 2.45) is 0 Å². The molecule has 1 aliphatic rings. The standard InChI is InChI=1S/C14H21N3O2/c1-2-19-14(18)11-3-5-12(6-4-11)17-10-13-9-15-7-8-16-13/h3-6,13,15-17H,2,7-10H2,1H3/t13-/m1/s1. The lowest BCUT2D eigenvalue weighted by Gasteiger charge is -2.25. The Bertz CT molecular complexity index is 400. The summed E-state index contributed by atoms with van der Waals surface area (Å²) in [5, 5.41) is 10.1. The van der Waals surface area contributed by atoms with Gasteiger partial charge in [-0.25, -0.2) is 4.79 Å². The fourth-order valence-electron chi connectivity index (χ4n) is 2.04. The summed E-state index contributed by atoms with van der Waals surface area (Å²) in [4.78, 5) is 11.5. The average Bonchev–Trinajstić information content (AvgIpc) is 2.47. The van der Waals surface area contributed by atoms with E-state index in [4.69, 9.17) is 4.74 Å². The highest BCUT2D eigenvalue weighted by atomic mass is 16.5. The van der Waals surface area contributed by atoms with Crippen LogP contribution in [-0.2, 0) is 4.74 Å². The Morgan fingerprint density at radius 1 is 1.37 bits per heavy atom. The number of piperazine rings is 1. The first-order valence-corrected chi connectivity index (χ1v) is 6.74. The maximum Gasteiger partial charge on any atom is 0.338 e. The van der Waals surface area contributed by atoms with E-state index in [0.717, 1.165) is 31.9 Å². The second kappa shape index (κ2) is 7.11. The van der Waals surface area contributed by atoms with Gasteiger partial charge in [-0.1, -0.05) is 0 Å². The van der Waals surface area contributed by atoms with Crippen molar-refractivity contribution in [1.29, 1.82) is 0 Å². The van der Waals surface area contributed by atoms with Crippen molar-refractivity contribution in [1.82, 2.24) is 10.6 Å². The van der Waals surface area contributed by atoms with Crippen molar-refractivity contribution in [2.45, 2.75) is 13.0 Å². The zero-order chi connectivity index (χ0) is 13.5. The van der Waals surface area contributed by atoms with Gasteiger partial charge in [-0.05, 0) is 31.2 Å². The number of anilines is 1. The molecule has 2 rings (SSSR count). The lowest BCUT2D eigenvalue weighted by atomic mass is 10.2. The summed E-state index contributed by atoms with van der Waals surface area (Å²) in [6, 6.07) is 7.82. The molecule has 0 spiro atoms. The van der Waals surface area contributed by atoms with Gasteiger partial charge in [0.15, 0.2) is 0 Å². The van der Waals surface area contributed by atoms with E-state index in [0.29, 0.717) is 18.2 Å². The molecule has 1 atom stereocenters. The van der Waals surface area contributed by atoms with Crippen LogP contribution < -0.4 is 16.0 Å². The zero-order valence-electron chi connectivity index (χ0n) is 11.2. The molecule has 1 heterocycles. The van der Waals surface area contributed by atoms with Crippen LogP contribution in [0.4, 0.5) is 5.69 Å². The molecule has 0 saturated carbocycles. The van der Waals surface area contributed by atoms with Crippen molar-refractivity contribution in [3.8, 4) is 0 Å². The molecule has 1 fully saturated rings. The first-order valence-electron chi connectivity index (χ1n) is 6.74. The van der Waals surface area contributed by atoms with Crippen LogP contribution in [0.3, 0.4) is 0 Å². The van der Waals surface area contributed by atoms with E-state index in [1.807, 2.05) is 12.1 Å². The lowest BCUT2D eigenvalue weighted by Crippen LogP contribution is -2.51. The molecular formula is C14H21N3O2. The second-order valence-corrected chi connectivity index (χ2v) is 4.53. The predicted molar refractivity (Wildman–Crippen MR) is 75.5 cm³/mol. The molecule has 0 unspecified atom stereocenters. The smallest absolute Gasteiger partial charge is 0.338 e. The van der Waals surface area contributed by atoms with Gasteiger partial charge in [-0.15, -0.1) is 0 Å². The van der Waals surface area contributed by atoms with Gasteiger partial charge in [0.05, 0.1) is 12.2 Å². The fraction of sp³-hybridized carbons (Fsp3) is 0.500. The Morgan fingerprint density at radius 2 is 2.16 bits per heavy atom. The van der Waals surface area contributed by atoms with Crippen LogP contribution in [0.1, 0.15) is 17.3 Å². The third-order valence-corrected chi connectivity index (χ3v) is 3.07. The predicted octanol–water partition coefficient (Wildman–Crippen LogP) is 0.837. The first kappa shape index (κ1) is 13.8. The van der Waals surface area contributed by atoms with E-state index in [1.165, 1.54) is 0 Å². The number of ether oxygens (including phenoxy) is 1. The molecule has 5 heteroatoms. The fourth-order valence-corrected chi connectivity index (χ4v) is 2.04. The molecule has 0 aromatic heterocycles. The van der Waals surface area contributed by atoms with E-state index in [9.17, 15) is 4.79 Å². The lowest BCUT2D eigenvalue weighted by molar-refractivity contribution is 0.0526. The quantitative estimate of drug-likeness (QED) is 0.687. The van der Waals surface area contributed by atoms with Crippen molar-refractivity contribution in [3.05, 3.63) is 29.8 Å². The van der Waals surface area contributed by atoms with Gasteiger partial charge in [0.2, 0.25) is 0 Å². The number of carbonyl (C=O) groups excluding carboxylic acids is 1. The zero-order valence-corrected chi connectivity index (χ0v) is 11.2. The van der Waals surface area contributed by atoms with Gasteiger partial charge in [0.25, 0.3) is 0 Å². The van der Waals surface area contributed by atoms with Gasteiger partial charge in [-0.3, -0.25) is 0 Å². The maximum atomic E-state index is 11.5. The van der Waals surface area contributed by atoms with Gasteiger partial charge < -0.3 is 20.7 Å². The molecule has 104 valence electrons. The molecular weight excluding hydrogens is 242 g/mol. The summed E-state index contributed by atoms with van der Waals surface area (Å²) in [5.41, 5.74) is 1.60. The summed E-state index contributed by atoms with van der Waals surface area (Å²) < 4.78 is 4.95. The van der Waals surface area contributed by atoms with Crippen molar-refractivity contribution in [3.63, 3.8) is 0 Å². The minimum atomic E-state index is -0.271. The summed E-state index contributed by atoms with van der Waals surface area (Å²) >= 11 is 0. The second-order valence-electron chi connectivity index (χ2n) is 4.53. The van der Waals surface area contributed by atoms with Crippen LogP contribution in [0.25, 0.3) is 0 Å². The van der Waals surface area contributed by atoms with Gasteiger partial charge in [-0.2, -0.15) is 0 Å². The van der Waals surface area contributed by atoms with Crippen molar-refractivity contribution in [2.75, 3.05) is 38.1 Å². The summed E-state index contributed by atoms with van der Waals surface area (Å²) in [5.74, 6) is -0.271. The Balaban J connectivity index is 1.82. The van der Waals surface area contributed by atoms with E-state index < -0.39 is 0 Å². The topological polar surface area (TPSA) is 62.4 Å². The Labute approximate surface area is 113 Å². The maximum absolute atomic E-state index is 11.5. The molecule has 0 radical (unpaired) electrons. The third kappa shape index (κ3) is 4.22. The van der Waals surface area contributed by atoms with E-state index in [1.54, 1.807) is 19.1 Å². The van der Waals surface area contributed by atoms with Crippen molar-refractivity contribution >= 4 is 11.7 Å². The number of carbonyl (C=O) groups is 1. The van der Waals surface area contributed by atoms with Crippen LogP contribution >= 0.6 is 0 Å². The van der Waals surface area contributed by atoms with Gasteiger partial charge in [0.1, 0.15) is 0 Å². The molecule has 0 amide bonds. The van der Waals surface area contributed by atoms with Gasteiger partial charge >= 0.3 is 5.97 Å². The van der Waals surface area contributed by atoms with Crippen molar-refractivity contribution < 1.29 is 9.53 Å². The number of esters is 1. The number of nitrogens with one attached hydrogen (secondary N) is 3. The number of hydrogen-bond acceptors (Lipinski definition) is 5. The number of rotatable bonds is 5. The molecule has 0 bridgehead atoms. The Hall–Kier alpha value is -1.59. The highest BCUT2D eigenvalue weighted by molar-refractivity contribution is 5.89. The number of benzene rings is 1. The van der Waals surface area contributed by atoms with E-state index in [2.05, 4.69) is 16.0 Å². The minimum absolute atomic E-state index is 0.271. The molecule has 1 aliphatic heterocycles. The Morgan fingerprint density at radius 3 is 2.79 bits per heavy atom. The van der Waals surface area contributed by atoms with E-state index >= 15 is 0 Å². The van der Waals surface area contributed by atoms with Crippen LogP contribution in [0.15, 0.2) is 24.3 Å². The van der Waals surface area contributed by atoms with Crippen LogP contribution in [0.2, 0.25) is 0 Å². The SMILES string of the molecule is CCOC(=O)c1ccc(NC[C@H]2CNCCN2)cc1. The first-order chi connectivity index (χ1) is 9.29. The van der Waals surface area contributed by atoms with Gasteiger partial charge in [0, 0.05) is 37.9 Å². The van der Waals surface area contributed by atoms with E-state index in [-0.39, 0.29) is 5.97 Å². The molecule has 1 saturated heterocycles. The van der Waals surface area contributed by atoms with Crippen LogP contribution in [0.5, 0.6) is 0 Å². The molecule has 0 aliphatic carbocycles. The van der Waals surface area contributed by atoms with Crippen LogP contribution in [0, 0.1) is 0 Å². The summed E-state index contributed by atoms with van der Waals surface area (Å²) in [6.45, 7) is 6.09. The van der Waals surface area contributed by atoms with Crippen LogP contribution in [-0.4, -0.2) is 44.8 Å². The molecule has 1 aromatic carbocycles. The summed E-state index contributed by atoms with van der Waals surface area (Å²) in [7, 11) is 0. The third-order valence-electron chi connectivity index (χ3n) is 3.07. The minimum Gasteiger partial charge on any atom is -0.462 e. The Kier molecular flexibility index (Phi) is 5.18. The highest BCUT2D eigenvalue weighted by Crippen LogP contribution is 2.10. The largest absolute Gasteiger partial charge is 0.462 e. The molecule has 19 heavy (non-hydrogen) atoms. The normalized spacial score (nSPS) is 18.9. The molecule has 1 aromatic rings.